The zero-order chi connectivity index (χ0) is 84.8. The van der Waals surface area contributed by atoms with E-state index in [4.69, 9.17) is 52.7 Å². The molecule has 0 atom stereocenters. The Bertz CT molecular complexity index is 6490. The molecule has 1 N–H and O–H groups in total. The van der Waals surface area contributed by atoms with E-state index in [1.165, 1.54) is 38.9 Å². The van der Waals surface area contributed by atoms with Crippen molar-refractivity contribution < 1.29 is 129 Å². The summed E-state index contributed by atoms with van der Waals surface area (Å²) in [6.07, 6.45) is 3.43. The average molecular weight is 1800 g/mol. The fourth-order valence-electron chi connectivity index (χ4n) is 14.9. The SMILES string of the molecule is BrCc1ccccc1.Cc1cccc(C)c1-n1c(-c2ccc(N(Cc3ccccc3)c3cccc(N(Cc4ccccc4)c4ccc(Oc5ccccn5)cc4)c3Cl)cc2)nc2ccccc21.Cc1cccc(C)c1-n1c(-c2ccc(N(Cc3ccccc3)c3cccc(Nc4ccc(Oc5ccccn5)cc4)c3Cl)cc2)nc2ccccc21.O=CO[O-].[H-].[K+].[K+]. The molecule has 0 saturated carbocycles. The fourth-order valence-corrected chi connectivity index (χ4v) is 15.8. The van der Waals surface area contributed by atoms with Gasteiger partial charge in [-0.3, -0.25) is 13.9 Å². The number of para-hydroxylation sites is 6. The molecule has 0 radical (unpaired) electrons. The summed E-state index contributed by atoms with van der Waals surface area (Å²) in [7, 11) is 0. The molecular weight excluding hydrogens is 1710 g/mol. The molecule has 0 aliphatic rings. The topological polar surface area (TPSA) is 151 Å². The van der Waals surface area contributed by atoms with Crippen LogP contribution in [0.4, 0.5) is 45.5 Å². The molecule has 4 aromatic heterocycles. The van der Waals surface area contributed by atoms with Crippen LogP contribution in [-0.4, -0.2) is 35.5 Å². The van der Waals surface area contributed by atoms with E-state index in [1.807, 2.05) is 133 Å². The molecular formula is C105H87BrCl2K2N10O5. The standard InChI is InChI=1S/C52H42ClN5O.C45H36ClN5O.C7H7Br.CH2O3.2K.H/c1-37-15-13-16-38(2)51(37)58-46-22-10-9-21-45(46)55-52(58)41-26-28-42(29-27-41)56(35-39-17-5-3-6-18-39)47-23-14-24-48(50(47)53)57(36-40-19-7-4-8-20-40)43-30-32-44(33-31-43)59-49-25-11-12-34-54-49;1-31-12-10-13-32(2)44(31)51-40-18-7-6-16-38(40)49-45(51)34-21-25-36(26-22-34)50(30-33-14-4-3-5-15-33)41-19-11-17-39(43(41)46)48-35-23-27-37(28-24-35)52-42-20-8-9-29-47-42;8-6-7-4-2-1-3-5-7;2-1-4-3;;;/h3-34H,35-36H2,1-2H3;3-29,48H,30H2,1-2H3;1-5H,6H2;1,3H;;;/q;;;;2*+1;-1/p-1. The predicted molar refractivity (Wildman–Crippen MR) is 504 cm³/mol. The van der Waals surface area contributed by atoms with Gasteiger partial charge in [-0.2, -0.15) is 0 Å². The quantitative estimate of drug-likeness (QED) is 0.0201. The second-order valence-corrected chi connectivity index (χ2v) is 30.4. The van der Waals surface area contributed by atoms with Gasteiger partial charge in [-0.05, 0) is 230 Å². The number of hydrogen-bond acceptors (Lipinski definition) is 13. The largest absolute Gasteiger partial charge is 1.00 e. The molecule has 18 aromatic rings. The summed E-state index contributed by atoms with van der Waals surface area (Å²) < 4.78 is 16.5. The van der Waals surface area contributed by atoms with E-state index >= 15 is 0 Å². The summed E-state index contributed by atoms with van der Waals surface area (Å²) in [6.45, 7) is 10.3. The van der Waals surface area contributed by atoms with Gasteiger partial charge in [-0.25, -0.2) is 19.9 Å². The first-order chi connectivity index (χ1) is 60.4. The van der Waals surface area contributed by atoms with Crippen molar-refractivity contribution >= 4 is 113 Å². The second kappa shape index (κ2) is 45.2. The number of carbonyl (C=O) groups excluding carboxylic acids is 1. The maximum Gasteiger partial charge on any atom is 1.00 e. The van der Waals surface area contributed by atoms with Crippen LogP contribution >= 0.6 is 39.1 Å². The van der Waals surface area contributed by atoms with E-state index in [0.717, 1.165) is 113 Å². The molecule has 0 spiro atoms. The first kappa shape index (κ1) is 91.6. The van der Waals surface area contributed by atoms with Crippen molar-refractivity contribution in [1.82, 2.24) is 29.1 Å². The number of rotatable bonds is 24. The van der Waals surface area contributed by atoms with Crippen LogP contribution in [-0.2, 0) is 34.6 Å². The number of nitrogens with one attached hydrogen (secondary N) is 1. The Morgan fingerprint density at radius 3 is 1.07 bits per heavy atom. The van der Waals surface area contributed by atoms with Crippen molar-refractivity contribution in [2.45, 2.75) is 52.7 Å². The molecule has 0 fully saturated rings. The summed E-state index contributed by atoms with van der Waals surface area (Å²) in [6, 6.07) is 128. The number of aromatic nitrogens is 6. The monoisotopic (exact) mass is 1790 g/mol. The number of nitrogens with zero attached hydrogens (tertiary/aromatic N) is 9. The van der Waals surface area contributed by atoms with Gasteiger partial charge >= 0.3 is 103 Å². The van der Waals surface area contributed by atoms with Crippen LogP contribution in [0.2, 0.25) is 10.0 Å². The van der Waals surface area contributed by atoms with Gasteiger partial charge in [0.2, 0.25) is 11.8 Å². The number of benzene rings is 14. The zero-order valence-corrected chi connectivity index (χ0v) is 79.4. The molecule has 20 heteroatoms. The van der Waals surface area contributed by atoms with Crippen molar-refractivity contribution in [3.05, 3.63) is 443 Å². The third kappa shape index (κ3) is 23.0. The maximum atomic E-state index is 8.64. The molecule has 0 aliphatic carbocycles. The second-order valence-electron chi connectivity index (χ2n) is 29.1. The summed E-state index contributed by atoms with van der Waals surface area (Å²) in [5, 5.41) is 14.2. The van der Waals surface area contributed by atoms with Crippen molar-refractivity contribution in [2.75, 3.05) is 20.0 Å². The van der Waals surface area contributed by atoms with Gasteiger partial charge in [0.1, 0.15) is 23.1 Å². The molecule has 0 aliphatic heterocycles. The Morgan fingerprint density at radius 2 is 0.712 bits per heavy atom. The van der Waals surface area contributed by atoms with Crippen LogP contribution in [0.1, 0.15) is 45.9 Å². The van der Waals surface area contributed by atoms with Crippen molar-refractivity contribution in [3.63, 3.8) is 0 Å². The number of aryl methyl sites for hydroxylation is 4. The van der Waals surface area contributed by atoms with Gasteiger partial charge in [-0.15, -0.1) is 0 Å². The first-order valence-electron chi connectivity index (χ1n) is 40.1. The molecule has 4 heterocycles. The molecule has 125 heavy (non-hydrogen) atoms. The molecule has 0 unspecified atom stereocenters. The number of pyridine rings is 2. The minimum atomic E-state index is -0.181. The number of fused-ring (bicyclic) bond motifs is 2. The van der Waals surface area contributed by atoms with E-state index < -0.39 is 0 Å². The van der Waals surface area contributed by atoms with E-state index in [-0.39, 0.29) is 111 Å². The minimum absolute atomic E-state index is 0. The van der Waals surface area contributed by atoms with Crippen LogP contribution < -0.4 is 138 Å². The van der Waals surface area contributed by atoms with E-state index in [0.29, 0.717) is 52.9 Å². The Hall–Kier alpha value is -11.1. The van der Waals surface area contributed by atoms with Crippen molar-refractivity contribution in [3.8, 4) is 57.4 Å². The third-order valence-electron chi connectivity index (χ3n) is 20.7. The Morgan fingerprint density at radius 1 is 0.384 bits per heavy atom. The summed E-state index contributed by atoms with van der Waals surface area (Å²) in [5.74, 6) is 4.30. The molecule has 610 valence electrons. The number of ether oxygens (including phenoxy) is 2. The van der Waals surface area contributed by atoms with Crippen molar-refractivity contribution in [2.24, 2.45) is 0 Å². The van der Waals surface area contributed by atoms with Gasteiger partial charge in [0.05, 0.1) is 66.2 Å². The predicted octanol–water partition coefficient (Wildman–Crippen LogP) is 21.2. The fraction of sp³-hybridized carbons (Fsp3) is 0.0762. The third-order valence-corrected chi connectivity index (χ3v) is 22.2. The average Bonchev–Trinajstić information content (AvgIpc) is 1.68. The van der Waals surface area contributed by atoms with E-state index in [1.54, 1.807) is 12.4 Å². The van der Waals surface area contributed by atoms with Crippen LogP contribution in [0.25, 0.3) is 56.2 Å². The van der Waals surface area contributed by atoms with E-state index in [9.17, 15) is 0 Å². The molecule has 18 rings (SSSR count). The first-order valence-corrected chi connectivity index (χ1v) is 42.0. The smallest absolute Gasteiger partial charge is 1.00 e. The van der Waals surface area contributed by atoms with Gasteiger partial charge < -0.3 is 41.1 Å². The number of halogens is 3. The van der Waals surface area contributed by atoms with Gasteiger partial charge in [0.25, 0.3) is 6.47 Å². The van der Waals surface area contributed by atoms with Crippen LogP contribution in [0.15, 0.2) is 389 Å². The molecule has 15 nitrogen and oxygen atoms in total. The Kier molecular flexibility index (Phi) is 33.1. The molecule has 14 aromatic carbocycles. The van der Waals surface area contributed by atoms with Crippen molar-refractivity contribution in [1.29, 1.82) is 0 Å². The van der Waals surface area contributed by atoms with Gasteiger partial charge in [0.15, 0.2) is 0 Å². The Balaban J connectivity index is 0.000000199. The Labute approximate surface area is 834 Å². The number of hydrogen-bond donors (Lipinski definition) is 1. The van der Waals surface area contributed by atoms with Crippen LogP contribution in [0.5, 0.6) is 23.3 Å². The van der Waals surface area contributed by atoms with E-state index in [2.05, 4.69) is 330 Å². The molecule has 0 saturated heterocycles. The normalized spacial score (nSPS) is 10.6. The molecule has 0 bridgehead atoms. The van der Waals surface area contributed by atoms with Crippen LogP contribution in [0.3, 0.4) is 0 Å². The maximum absolute atomic E-state index is 8.64. The molecule has 0 amide bonds. The summed E-state index contributed by atoms with van der Waals surface area (Å²) >= 11 is 18.2. The zero-order valence-electron chi connectivity index (χ0n) is 71.1. The summed E-state index contributed by atoms with van der Waals surface area (Å²) in [5.41, 5.74) is 25.4. The van der Waals surface area contributed by atoms with Crippen LogP contribution in [0, 0.1) is 27.7 Å². The number of anilines is 8. The number of alkyl halides is 1. The van der Waals surface area contributed by atoms with Gasteiger partial charge in [-0.1, -0.05) is 245 Å². The summed E-state index contributed by atoms with van der Waals surface area (Å²) in [4.78, 5) is 37.0. The number of imidazole rings is 2. The minimum Gasteiger partial charge on any atom is -1.00 e. The van der Waals surface area contributed by atoms with Gasteiger partial charge in [0, 0.05) is 83.4 Å². The number of carbonyl (C=O) groups is 1.